The fraction of sp³-hybridized carbons (Fsp3) is 0.235. The van der Waals surface area contributed by atoms with Crippen LogP contribution in [0.3, 0.4) is 0 Å². The van der Waals surface area contributed by atoms with Gasteiger partial charge in [0.05, 0.1) is 0 Å². The molecule has 5 heteroatoms. The number of carbonyl (C=O) groups excluding carboxylic acids is 1. The van der Waals surface area contributed by atoms with Crippen molar-refractivity contribution < 1.29 is 18.3 Å². The fourth-order valence-corrected chi connectivity index (χ4v) is 2.00. The zero-order valence-corrected chi connectivity index (χ0v) is 12.4. The van der Waals surface area contributed by atoms with Gasteiger partial charge in [-0.1, -0.05) is 25.1 Å². The van der Waals surface area contributed by atoms with E-state index in [-0.39, 0.29) is 0 Å². The van der Waals surface area contributed by atoms with Crippen LogP contribution in [0.15, 0.2) is 42.5 Å². The van der Waals surface area contributed by atoms with E-state index in [1.54, 1.807) is 19.1 Å². The predicted molar refractivity (Wildman–Crippen MR) is 80.9 cm³/mol. The summed E-state index contributed by atoms with van der Waals surface area (Å²) in [6, 6.07) is 10.6. The highest BCUT2D eigenvalue weighted by molar-refractivity contribution is 5.94. The first kappa shape index (κ1) is 15.9. The normalized spacial score (nSPS) is 11.8. The smallest absolute Gasteiger partial charge is 0.265 e. The predicted octanol–water partition coefficient (Wildman–Crippen LogP) is 4.07. The lowest BCUT2D eigenvalue weighted by Gasteiger charge is -2.18. The molecule has 116 valence electrons. The van der Waals surface area contributed by atoms with Crippen molar-refractivity contribution in [3.63, 3.8) is 0 Å². The quantitative estimate of drug-likeness (QED) is 0.904. The van der Waals surface area contributed by atoms with E-state index < -0.39 is 29.3 Å². The standard InChI is InChI=1S/C17H17F2NO2/c1-3-15(22-12-7-4-6-11(2)10-12)17(21)20-16-13(18)8-5-9-14(16)19/h4-10,15H,3H2,1-2H3,(H,20,21). The van der Waals surface area contributed by atoms with Crippen molar-refractivity contribution in [2.24, 2.45) is 0 Å². The molecule has 22 heavy (non-hydrogen) atoms. The maximum absolute atomic E-state index is 13.6. The second-order valence-electron chi connectivity index (χ2n) is 4.92. The van der Waals surface area contributed by atoms with Gasteiger partial charge in [-0.05, 0) is 43.2 Å². The van der Waals surface area contributed by atoms with E-state index in [2.05, 4.69) is 5.32 Å². The molecule has 2 aromatic carbocycles. The molecule has 0 bridgehead atoms. The SMILES string of the molecule is CCC(Oc1cccc(C)c1)C(=O)Nc1c(F)cccc1F. The van der Waals surface area contributed by atoms with Gasteiger partial charge in [-0.15, -0.1) is 0 Å². The molecule has 1 amide bonds. The van der Waals surface area contributed by atoms with Gasteiger partial charge in [0, 0.05) is 0 Å². The summed E-state index contributed by atoms with van der Waals surface area (Å²) in [5, 5.41) is 2.25. The van der Waals surface area contributed by atoms with Crippen molar-refractivity contribution in [1.29, 1.82) is 0 Å². The third kappa shape index (κ3) is 3.81. The van der Waals surface area contributed by atoms with E-state index in [4.69, 9.17) is 4.74 Å². The molecule has 0 fully saturated rings. The minimum Gasteiger partial charge on any atom is -0.481 e. The molecule has 0 aliphatic rings. The number of anilines is 1. The first-order chi connectivity index (χ1) is 10.5. The van der Waals surface area contributed by atoms with Crippen LogP contribution in [0, 0.1) is 18.6 Å². The number of benzene rings is 2. The molecular formula is C17H17F2NO2. The Bertz CT molecular complexity index is 653. The van der Waals surface area contributed by atoms with Gasteiger partial charge < -0.3 is 10.1 Å². The Balaban J connectivity index is 2.12. The van der Waals surface area contributed by atoms with Gasteiger partial charge >= 0.3 is 0 Å². The zero-order valence-electron chi connectivity index (χ0n) is 12.4. The Hall–Kier alpha value is -2.43. The third-order valence-electron chi connectivity index (χ3n) is 3.14. The van der Waals surface area contributed by atoms with Crippen molar-refractivity contribution in [3.05, 3.63) is 59.7 Å². The Kier molecular flexibility index (Phi) is 5.09. The van der Waals surface area contributed by atoms with E-state index in [9.17, 15) is 13.6 Å². The summed E-state index contributed by atoms with van der Waals surface area (Å²) >= 11 is 0. The number of halogens is 2. The van der Waals surface area contributed by atoms with Gasteiger partial charge in [0.1, 0.15) is 23.1 Å². The summed E-state index contributed by atoms with van der Waals surface area (Å²) in [4.78, 5) is 12.2. The Morgan fingerprint density at radius 1 is 1.18 bits per heavy atom. The van der Waals surface area contributed by atoms with E-state index in [0.717, 1.165) is 17.7 Å². The second kappa shape index (κ2) is 7.02. The number of aryl methyl sites for hydroxylation is 1. The summed E-state index contributed by atoms with van der Waals surface area (Å²) in [7, 11) is 0. The van der Waals surface area contributed by atoms with E-state index in [1.165, 1.54) is 6.07 Å². The van der Waals surface area contributed by atoms with Crippen LogP contribution in [0.5, 0.6) is 5.75 Å². The van der Waals surface area contributed by atoms with Gasteiger partial charge in [-0.3, -0.25) is 4.79 Å². The van der Waals surface area contributed by atoms with Crippen molar-refractivity contribution in [3.8, 4) is 5.75 Å². The average Bonchev–Trinajstić information content (AvgIpc) is 2.48. The monoisotopic (exact) mass is 305 g/mol. The second-order valence-corrected chi connectivity index (χ2v) is 4.92. The highest BCUT2D eigenvalue weighted by Crippen LogP contribution is 2.20. The lowest BCUT2D eigenvalue weighted by Crippen LogP contribution is -2.33. The summed E-state index contributed by atoms with van der Waals surface area (Å²) < 4.78 is 32.7. The largest absolute Gasteiger partial charge is 0.481 e. The maximum Gasteiger partial charge on any atom is 0.265 e. The Morgan fingerprint density at radius 2 is 1.82 bits per heavy atom. The minimum atomic E-state index is -0.833. The van der Waals surface area contributed by atoms with E-state index in [1.807, 2.05) is 19.1 Å². The number of carbonyl (C=O) groups is 1. The molecule has 2 aromatic rings. The molecule has 0 spiro atoms. The number of hydrogen-bond donors (Lipinski definition) is 1. The highest BCUT2D eigenvalue weighted by Gasteiger charge is 2.21. The fourth-order valence-electron chi connectivity index (χ4n) is 2.00. The summed E-state index contributed by atoms with van der Waals surface area (Å²) in [5.74, 6) is -1.69. The van der Waals surface area contributed by atoms with Crippen LogP contribution >= 0.6 is 0 Å². The molecule has 0 aliphatic heterocycles. The molecule has 2 rings (SSSR count). The van der Waals surface area contributed by atoms with Gasteiger partial charge in [-0.25, -0.2) is 8.78 Å². The lowest BCUT2D eigenvalue weighted by molar-refractivity contribution is -0.122. The molecule has 0 aliphatic carbocycles. The van der Waals surface area contributed by atoms with E-state index in [0.29, 0.717) is 12.2 Å². The molecule has 0 heterocycles. The van der Waals surface area contributed by atoms with Crippen LogP contribution in [0.4, 0.5) is 14.5 Å². The lowest BCUT2D eigenvalue weighted by atomic mass is 10.2. The molecule has 0 radical (unpaired) electrons. The first-order valence-corrected chi connectivity index (χ1v) is 6.99. The van der Waals surface area contributed by atoms with Crippen LogP contribution < -0.4 is 10.1 Å². The Labute approximate surface area is 127 Å². The van der Waals surface area contributed by atoms with E-state index >= 15 is 0 Å². The topological polar surface area (TPSA) is 38.3 Å². The van der Waals surface area contributed by atoms with Crippen LogP contribution in [0.25, 0.3) is 0 Å². The molecule has 0 saturated heterocycles. The molecular weight excluding hydrogens is 288 g/mol. The number of para-hydroxylation sites is 1. The summed E-state index contributed by atoms with van der Waals surface area (Å²) in [6.45, 7) is 3.67. The number of nitrogens with one attached hydrogen (secondary N) is 1. The number of rotatable bonds is 5. The van der Waals surface area contributed by atoms with Gasteiger partial charge in [-0.2, -0.15) is 0 Å². The third-order valence-corrected chi connectivity index (χ3v) is 3.14. The molecule has 3 nitrogen and oxygen atoms in total. The van der Waals surface area contributed by atoms with Gasteiger partial charge in [0.15, 0.2) is 6.10 Å². The zero-order chi connectivity index (χ0) is 16.1. The van der Waals surface area contributed by atoms with Crippen LogP contribution in [0.2, 0.25) is 0 Å². The van der Waals surface area contributed by atoms with Crippen LogP contribution in [-0.4, -0.2) is 12.0 Å². The number of hydrogen-bond acceptors (Lipinski definition) is 2. The first-order valence-electron chi connectivity index (χ1n) is 6.99. The maximum atomic E-state index is 13.6. The highest BCUT2D eigenvalue weighted by atomic mass is 19.1. The van der Waals surface area contributed by atoms with Gasteiger partial charge in [0.25, 0.3) is 5.91 Å². The number of amides is 1. The van der Waals surface area contributed by atoms with Gasteiger partial charge in [0.2, 0.25) is 0 Å². The van der Waals surface area contributed by atoms with Crippen LogP contribution in [0.1, 0.15) is 18.9 Å². The molecule has 1 atom stereocenters. The summed E-state index contributed by atoms with van der Waals surface area (Å²) in [6.07, 6.45) is -0.462. The van der Waals surface area contributed by atoms with Crippen molar-refractivity contribution in [1.82, 2.24) is 0 Å². The van der Waals surface area contributed by atoms with Crippen molar-refractivity contribution in [2.75, 3.05) is 5.32 Å². The van der Waals surface area contributed by atoms with Crippen molar-refractivity contribution in [2.45, 2.75) is 26.4 Å². The molecule has 0 aromatic heterocycles. The summed E-state index contributed by atoms with van der Waals surface area (Å²) in [5.41, 5.74) is 0.534. The van der Waals surface area contributed by atoms with Crippen LogP contribution in [-0.2, 0) is 4.79 Å². The minimum absolute atomic E-state index is 0.371. The molecule has 1 unspecified atom stereocenters. The molecule has 0 saturated carbocycles. The average molecular weight is 305 g/mol. The molecule has 1 N–H and O–H groups in total. The van der Waals surface area contributed by atoms with Crippen molar-refractivity contribution >= 4 is 11.6 Å². The number of ether oxygens (including phenoxy) is 1. The Morgan fingerprint density at radius 3 is 2.41 bits per heavy atom.